The summed E-state index contributed by atoms with van der Waals surface area (Å²) in [7, 11) is 0. The van der Waals surface area contributed by atoms with Crippen LogP contribution in [0.4, 0.5) is 5.69 Å². The van der Waals surface area contributed by atoms with Gasteiger partial charge in [-0.3, -0.25) is 19.8 Å². The Morgan fingerprint density at radius 3 is 1.90 bits per heavy atom. The summed E-state index contributed by atoms with van der Waals surface area (Å²) in [5.41, 5.74) is 1.25. The molecule has 8 heteroatoms. The number of halogens is 2. The standard InChI is InChI=1S/C23H14Cl2N2O2S2/c24-15-3-7-17(8-4-15)27-22(29)20(21(28)26-23(27)30)13-14-1-9-18(10-2-14)31-19-11-5-16(25)6-12-19/h1-13H,(H,26,28,30)/b20-13+. The Morgan fingerprint density at radius 2 is 1.32 bits per heavy atom. The van der Waals surface area contributed by atoms with E-state index in [1.807, 2.05) is 48.5 Å². The van der Waals surface area contributed by atoms with Crippen molar-refractivity contribution in [2.24, 2.45) is 0 Å². The van der Waals surface area contributed by atoms with E-state index in [1.54, 1.807) is 42.1 Å². The maximum atomic E-state index is 13.0. The molecule has 0 unspecified atom stereocenters. The Morgan fingerprint density at radius 1 is 0.806 bits per heavy atom. The molecule has 1 saturated heterocycles. The highest BCUT2D eigenvalue weighted by molar-refractivity contribution is 7.99. The van der Waals surface area contributed by atoms with Crippen molar-refractivity contribution < 1.29 is 9.59 Å². The molecule has 0 bridgehead atoms. The van der Waals surface area contributed by atoms with Gasteiger partial charge in [0, 0.05) is 19.8 Å². The lowest BCUT2D eigenvalue weighted by atomic mass is 10.1. The van der Waals surface area contributed by atoms with Crippen LogP contribution in [-0.2, 0) is 9.59 Å². The molecule has 1 fully saturated rings. The van der Waals surface area contributed by atoms with E-state index in [0.29, 0.717) is 15.7 Å². The predicted octanol–water partition coefficient (Wildman–Crippen LogP) is 5.98. The number of carbonyl (C=O) groups is 2. The monoisotopic (exact) mass is 484 g/mol. The smallest absolute Gasteiger partial charge is 0.270 e. The molecule has 1 N–H and O–H groups in total. The second kappa shape index (κ2) is 9.24. The first-order valence-corrected chi connectivity index (χ1v) is 11.1. The molecule has 0 aromatic heterocycles. The summed E-state index contributed by atoms with van der Waals surface area (Å²) in [6.45, 7) is 0. The summed E-state index contributed by atoms with van der Waals surface area (Å²) in [6, 6.07) is 21.8. The van der Waals surface area contributed by atoms with Gasteiger partial charge in [-0.05, 0) is 84.5 Å². The van der Waals surface area contributed by atoms with Crippen LogP contribution in [0.3, 0.4) is 0 Å². The minimum atomic E-state index is -0.528. The third-order valence-corrected chi connectivity index (χ3v) is 6.23. The van der Waals surface area contributed by atoms with Crippen molar-refractivity contribution in [3.05, 3.63) is 94.0 Å². The van der Waals surface area contributed by atoms with Crippen molar-refractivity contribution in [2.45, 2.75) is 9.79 Å². The fourth-order valence-corrected chi connectivity index (χ4v) is 4.27. The van der Waals surface area contributed by atoms with Gasteiger partial charge in [0.15, 0.2) is 5.11 Å². The third kappa shape index (κ3) is 4.99. The van der Waals surface area contributed by atoms with Crippen molar-refractivity contribution in [3.8, 4) is 0 Å². The summed E-state index contributed by atoms with van der Waals surface area (Å²) < 4.78 is 0. The maximum absolute atomic E-state index is 13.0. The van der Waals surface area contributed by atoms with E-state index in [0.717, 1.165) is 15.4 Å². The lowest BCUT2D eigenvalue weighted by Crippen LogP contribution is -2.54. The van der Waals surface area contributed by atoms with Crippen molar-refractivity contribution >= 4 is 75.9 Å². The first kappa shape index (κ1) is 21.6. The number of nitrogens with zero attached hydrogens (tertiary/aromatic N) is 1. The zero-order valence-corrected chi connectivity index (χ0v) is 19.0. The molecule has 0 spiro atoms. The molecule has 31 heavy (non-hydrogen) atoms. The summed E-state index contributed by atoms with van der Waals surface area (Å²) in [6.07, 6.45) is 1.55. The van der Waals surface area contributed by atoms with Gasteiger partial charge in [-0.25, -0.2) is 0 Å². The Labute approximate surface area is 198 Å². The topological polar surface area (TPSA) is 49.4 Å². The number of thiocarbonyl (C=S) groups is 1. The number of amides is 2. The normalized spacial score (nSPS) is 15.4. The predicted molar refractivity (Wildman–Crippen MR) is 130 cm³/mol. The first-order chi connectivity index (χ1) is 14.9. The van der Waals surface area contributed by atoms with Gasteiger partial charge in [-0.1, -0.05) is 47.1 Å². The van der Waals surface area contributed by atoms with Crippen LogP contribution in [0.25, 0.3) is 6.08 Å². The van der Waals surface area contributed by atoms with Gasteiger partial charge >= 0.3 is 0 Å². The molecule has 4 rings (SSSR count). The molecule has 4 nitrogen and oxygen atoms in total. The molecule has 3 aromatic carbocycles. The van der Waals surface area contributed by atoms with E-state index >= 15 is 0 Å². The van der Waals surface area contributed by atoms with Gasteiger partial charge in [0.2, 0.25) is 0 Å². The molecule has 1 heterocycles. The molecule has 2 amide bonds. The van der Waals surface area contributed by atoms with Crippen LogP contribution in [0, 0.1) is 0 Å². The zero-order valence-electron chi connectivity index (χ0n) is 15.8. The Bertz CT molecular complexity index is 1190. The van der Waals surface area contributed by atoms with E-state index in [4.69, 9.17) is 35.4 Å². The summed E-state index contributed by atoms with van der Waals surface area (Å²) in [4.78, 5) is 28.8. The van der Waals surface area contributed by atoms with Gasteiger partial charge < -0.3 is 0 Å². The number of hydrogen-bond acceptors (Lipinski definition) is 4. The number of hydrogen-bond donors (Lipinski definition) is 1. The molecular formula is C23H14Cl2N2O2S2. The minimum Gasteiger partial charge on any atom is -0.298 e. The number of benzene rings is 3. The van der Waals surface area contributed by atoms with E-state index in [1.165, 1.54) is 4.90 Å². The molecule has 0 saturated carbocycles. The number of nitrogens with one attached hydrogen (secondary N) is 1. The number of rotatable bonds is 4. The first-order valence-electron chi connectivity index (χ1n) is 9.11. The largest absolute Gasteiger partial charge is 0.298 e. The summed E-state index contributed by atoms with van der Waals surface area (Å²) in [5.74, 6) is -1.02. The lowest BCUT2D eigenvalue weighted by molar-refractivity contribution is -0.122. The maximum Gasteiger partial charge on any atom is 0.270 e. The average Bonchev–Trinajstić information content (AvgIpc) is 2.75. The van der Waals surface area contributed by atoms with Gasteiger partial charge in [-0.15, -0.1) is 0 Å². The Kier molecular flexibility index (Phi) is 6.43. The second-order valence-corrected chi connectivity index (χ2v) is 8.97. The number of carbonyl (C=O) groups excluding carboxylic acids is 2. The average molecular weight is 485 g/mol. The van der Waals surface area contributed by atoms with E-state index < -0.39 is 11.8 Å². The van der Waals surface area contributed by atoms with Crippen LogP contribution in [0.2, 0.25) is 10.0 Å². The molecule has 154 valence electrons. The molecule has 1 aliphatic heterocycles. The molecule has 0 radical (unpaired) electrons. The minimum absolute atomic E-state index is 0.00153. The van der Waals surface area contributed by atoms with Crippen LogP contribution < -0.4 is 10.2 Å². The van der Waals surface area contributed by atoms with Crippen molar-refractivity contribution in [1.29, 1.82) is 0 Å². The van der Waals surface area contributed by atoms with Crippen molar-refractivity contribution in [2.75, 3.05) is 4.90 Å². The molecule has 0 atom stereocenters. The lowest BCUT2D eigenvalue weighted by Gasteiger charge is -2.28. The van der Waals surface area contributed by atoms with Crippen LogP contribution in [0.15, 0.2) is 88.2 Å². The van der Waals surface area contributed by atoms with Crippen molar-refractivity contribution in [3.63, 3.8) is 0 Å². The van der Waals surface area contributed by atoms with Crippen LogP contribution in [0.5, 0.6) is 0 Å². The van der Waals surface area contributed by atoms with Crippen molar-refractivity contribution in [1.82, 2.24) is 5.32 Å². The van der Waals surface area contributed by atoms with Gasteiger partial charge in [0.1, 0.15) is 5.57 Å². The van der Waals surface area contributed by atoms with Gasteiger partial charge in [0.25, 0.3) is 11.8 Å². The quantitative estimate of drug-likeness (QED) is 0.281. The Hall–Kier alpha value is -2.64. The SMILES string of the molecule is O=C1NC(=S)N(c2ccc(Cl)cc2)C(=O)/C1=C/c1ccc(Sc2ccc(Cl)cc2)cc1. The van der Waals surface area contributed by atoms with Gasteiger partial charge in [0.05, 0.1) is 5.69 Å². The number of anilines is 1. The highest BCUT2D eigenvalue weighted by Gasteiger charge is 2.34. The highest BCUT2D eigenvalue weighted by Crippen LogP contribution is 2.29. The molecule has 1 aliphatic rings. The molecule has 3 aromatic rings. The fourth-order valence-electron chi connectivity index (χ4n) is 2.92. The van der Waals surface area contributed by atoms with Gasteiger partial charge in [-0.2, -0.15) is 0 Å². The molecule has 0 aliphatic carbocycles. The fraction of sp³-hybridized carbons (Fsp3) is 0. The Balaban J connectivity index is 1.57. The summed E-state index contributed by atoms with van der Waals surface area (Å²) in [5, 5.41) is 3.83. The van der Waals surface area contributed by atoms with Crippen LogP contribution in [-0.4, -0.2) is 16.9 Å². The zero-order chi connectivity index (χ0) is 22.0. The summed E-state index contributed by atoms with van der Waals surface area (Å²) >= 11 is 18.6. The third-order valence-electron chi connectivity index (χ3n) is 4.43. The highest BCUT2D eigenvalue weighted by atomic mass is 35.5. The van der Waals surface area contributed by atoms with Crippen LogP contribution in [0.1, 0.15) is 5.56 Å². The van der Waals surface area contributed by atoms with E-state index in [2.05, 4.69) is 5.32 Å². The molecular weight excluding hydrogens is 471 g/mol. The van der Waals surface area contributed by atoms with Crippen LogP contribution >= 0.6 is 47.2 Å². The van der Waals surface area contributed by atoms with E-state index in [9.17, 15) is 9.59 Å². The van der Waals surface area contributed by atoms with E-state index in [-0.39, 0.29) is 10.7 Å². The second-order valence-electron chi connectivity index (χ2n) is 6.56.